The largest absolute Gasteiger partial charge is 0.378 e. The number of morpholine rings is 1. The van der Waals surface area contributed by atoms with E-state index in [-0.39, 0.29) is 18.4 Å². The zero-order chi connectivity index (χ0) is 11.5. The van der Waals surface area contributed by atoms with Crippen LogP contribution in [0.5, 0.6) is 0 Å². The van der Waals surface area contributed by atoms with Crippen LogP contribution in [-0.2, 0) is 4.74 Å². The quantitative estimate of drug-likeness (QED) is 0.892. The highest BCUT2D eigenvalue weighted by Crippen LogP contribution is 2.16. The standard InChI is InChI=1S/C12H14N4O.ClH/c1-2-4-10(5-3-1)16-12(14-9-15-16)11-8-17-7-6-13-11;/h1-5,9,11,13H,6-8H2;1H. The monoisotopic (exact) mass is 266 g/mol. The smallest absolute Gasteiger partial charge is 0.151 e. The van der Waals surface area contributed by atoms with Crippen molar-refractivity contribution < 1.29 is 4.74 Å². The third-order valence-corrected chi connectivity index (χ3v) is 2.81. The molecule has 1 atom stereocenters. The van der Waals surface area contributed by atoms with Crippen molar-refractivity contribution in [1.82, 2.24) is 20.1 Å². The van der Waals surface area contributed by atoms with E-state index in [0.29, 0.717) is 6.61 Å². The first-order valence-electron chi connectivity index (χ1n) is 5.71. The van der Waals surface area contributed by atoms with Crippen molar-refractivity contribution in [3.05, 3.63) is 42.5 Å². The number of hydrogen-bond acceptors (Lipinski definition) is 4. The van der Waals surface area contributed by atoms with Gasteiger partial charge in [-0.2, -0.15) is 5.10 Å². The highest BCUT2D eigenvalue weighted by atomic mass is 35.5. The summed E-state index contributed by atoms with van der Waals surface area (Å²) >= 11 is 0. The van der Waals surface area contributed by atoms with Gasteiger partial charge in [-0.15, -0.1) is 12.4 Å². The van der Waals surface area contributed by atoms with E-state index in [4.69, 9.17) is 4.74 Å². The average Bonchev–Trinajstić information content (AvgIpc) is 2.90. The summed E-state index contributed by atoms with van der Waals surface area (Å²) in [6, 6.07) is 10.1. The fourth-order valence-corrected chi connectivity index (χ4v) is 1.99. The summed E-state index contributed by atoms with van der Waals surface area (Å²) in [5.41, 5.74) is 1.02. The molecule has 2 heterocycles. The molecule has 2 aromatic rings. The molecule has 96 valence electrons. The van der Waals surface area contributed by atoms with Gasteiger partial charge < -0.3 is 10.1 Å². The number of nitrogens with zero attached hydrogens (tertiary/aromatic N) is 3. The molecule has 6 heteroatoms. The lowest BCUT2D eigenvalue weighted by Crippen LogP contribution is -2.36. The highest BCUT2D eigenvalue weighted by Gasteiger charge is 2.21. The number of para-hydroxylation sites is 1. The molecule has 1 N–H and O–H groups in total. The Bertz CT molecular complexity index is 482. The molecular weight excluding hydrogens is 252 g/mol. The van der Waals surface area contributed by atoms with E-state index in [1.54, 1.807) is 6.33 Å². The van der Waals surface area contributed by atoms with Gasteiger partial charge in [-0.25, -0.2) is 9.67 Å². The maximum Gasteiger partial charge on any atom is 0.151 e. The van der Waals surface area contributed by atoms with Crippen LogP contribution in [0.1, 0.15) is 11.9 Å². The SMILES string of the molecule is Cl.c1ccc(-n2ncnc2C2COCCN2)cc1. The number of hydrogen-bond donors (Lipinski definition) is 1. The Hall–Kier alpha value is -1.43. The summed E-state index contributed by atoms with van der Waals surface area (Å²) in [5, 5.41) is 7.65. The van der Waals surface area contributed by atoms with Crippen molar-refractivity contribution >= 4 is 12.4 Å². The molecule has 1 aromatic heterocycles. The van der Waals surface area contributed by atoms with Gasteiger partial charge >= 0.3 is 0 Å². The van der Waals surface area contributed by atoms with Gasteiger partial charge in [-0.05, 0) is 12.1 Å². The van der Waals surface area contributed by atoms with Gasteiger partial charge in [0.25, 0.3) is 0 Å². The lowest BCUT2D eigenvalue weighted by atomic mass is 10.2. The van der Waals surface area contributed by atoms with E-state index in [1.165, 1.54) is 0 Å². The second-order valence-corrected chi connectivity index (χ2v) is 3.95. The average molecular weight is 267 g/mol. The molecule has 1 fully saturated rings. The Balaban J connectivity index is 0.00000120. The predicted octanol–water partition coefficient (Wildman–Crippen LogP) is 1.35. The minimum atomic E-state index is 0. The third kappa shape index (κ3) is 2.53. The molecule has 1 aliphatic rings. The van der Waals surface area contributed by atoms with Crippen molar-refractivity contribution in [3.63, 3.8) is 0 Å². The molecule has 1 unspecified atom stereocenters. The minimum Gasteiger partial charge on any atom is -0.378 e. The van der Waals surface area contributed by atoms with E-state index in [9.17, 15) is 0 Å². The van der Waals surface area contributed by atoms with Gasteiger partial charge in [0.15, 0.2) is 5.82 Å². The van der Waals surface area contributed by atoms with Gasteiger partial charge in [0.2, 0.25) is 0 Å². The number of benzene rings is 1. The molecule has 0 bridgehead atoms. The molecule has 5 nitrogen and oxygen atoms in total. The Kier molecular flexibility index (Phi) is 4.30. The Morgan fingerprint density at radius 2 is 2.11 bits per heavy atom. The van der Waals surface area contributed by atoms with Gasteiger partial charge in [0.1, 0.15) is 6.33 Å². The van der Waals surface area contributed by atoms with Crippen molar-refractivity contribution in [2.75, 3.05) is 19.8 Å². The van der Waals surface area contributed by atoms with Crippen molar-refractivity contribution in [2.24, 2.45) is 0 Å². The lowest BCUT2D eigenvalue weighted by Gasteiger charge is -2.23. The minimum absolute atomic E-state index is 0. The Labute approximate surface area is 112 Å². The molecule has 0 aliphatic carbocycles. The summed E-state index contributed by atoms with van der Waals surface area (Å²) in [4.78, 5) is 4.33. The molecule has 3 rings (SSSR count). The van der Waals surface area contributed by atoms with E-state index in [0.717, 1.165) is 24.7 Å². The van der Waals surface area contributed by atoms with E-state index in [2.05, 4.69) is 15.4 Å². The maximum atomic E-state index is 5.45. The molecule has 1 saturated heterocycles. The van der Waals surface area contributed by atoms with E-state index in [1.807, 2.05) is 35.0 Å². The van der Waals surface area contributed by atoms with Crippen molar-refractivity contribution in [1.29, 1.82) is 0 Å². The summed E-state index contributed by atoms with van der Waals surface area (Å²) < 4.78 is 7.31. The van der Waals surface area contributed by atoms with Crippen LogP contribution in [0.25, 0.3) is 5.69 Å². The molecule has 18 heavy (non-hydrogen) atoms. The van der Waals surface area contributed by atoms with Crippen LogP contribution in [0.15, 0.2) is 36.7 Å². The van der Waals surface area contributed by atoms with Crippen LogP contribution in [-0.4, -0.2) is 34.5 Å². The second-order valence-electron chi connectivity index (χ2n) is 3.95. The molecule has 0 spiro atoms. The number of halogens is 1. The lowest BCUT2D eigenvalue weighted by molar-refractivity contribution is 0.0735. The predicted molar refractivity (Wildman–Crippen MR) is 70.2 cm³/mol. The highest BCUT2D eigenvalue weighted by molar-refractivity contribution is 5.85. The van der Waals surface area contributed by atoms with Crippen molar-refractivity contribution in [2.45, 2.75) is 6.04 Å². The number of aromatic nitrogens is 3. The van der Waals surface area contributed by atoms with Crippen LogP contribution < -0.4 is 5.32 Å². The first-order valence-corrected chi connectivity index (χ1v) is 5.71. The van der Waals surface area contributed by atoms with Crippen LogP contribution in [0.4, 0.5) is 0 Å². The molecule has 0 amide bonds. The van der Waals surface area contributed by atoms with Gasteiger partial charge in [-0.1, -0.05) is 18.2 Å². The number of nitrogens with one attached hydrogen (secondary N) is 1. The van der Waals surface area contributed by atoms with E-state index >= 15 is 0 Å². The van der Waals surface area contributed by atoms with Crippen LogP contribution >= 0.6 is 12.4 Å². The van der Waals surface area contributed by atoms with Crippen molar-refractivity contribution in [3.8, 4) is 5.69 Å². The Morgan fingerprint density at radius 1 is 1.28 bits per heavy atom. The van der Waals surface area contributed by atoms with E-state index < -0.39 is 0 Å². The molecule has 1 aliphatic heterocycles. The van der Waals surface area contributed by atoms with Gasteiger partial charge in [0, 0.05) is 6.54 Å². The van der Waals surface area contributed by atoms with Crippen LogP contribution in [0.3, 0.4) is 0 Å². The third-order valence-electron chi connectivity index (χ3n) is 2.81. The zero-order valence-electron chi connectivity index (χ0n) is 9.82. The zero-order valence-corrected chi connectivity index (χ0v) is 10.6. The first kappa shape index (κ1) is 13.0. The molecule has 0 saturated carbocycles. The van der Waals surface area contributed by atoms with Gasteiger partial charge in [-0.3, -0.25) is 0 Å². The second kappa shape index (κ2) is 5.95. The first-order chi connectivity index (χ1) is 8.45. The summed E-state index contributed by atoms with van der Waals surface area (Å²) in [7, 11) is 0. The molecule has 0 radical (unpaired) electrons. The van der Waals surface area contributed by atoms with Crippen LogP contribution in [0.2, 0.25) is 0 Å². The fraction of sp³-hybridized carbons (Fsp3) is 0.333. The number of ether oxygens (including phenoxy) is 1. The summed E-state index contributed by atoms with van der Waals surface area (Å²) in [6.07, 6.45) is 1.58. The topological polar surface area (TPSA) is 52.0 Å². The molecular formula is C12H15ClN4O. The summed E-state index contributed by atoms with van der Waals surface area (Å²) in [5.74, 6) is 0.899. The Morgan fingerprint density at radius 3 is 2.83 bits per heavy atom. The maximum absolute atomic E-state index is 5.45. The number of rotatable bonds is 2. The summed E-state index contributed by atoms with van der Waals surface area (Å²) in [6.45, 7) is 2.26. The fourth-order valence-electron chi connectivity index (χ4n) is 1.99. The van der Waals surface area contributed by atoms with Crippen LogP contribution in [0, 0.1) is 0 Å². The van der Waals surface area contributed by atoms with Gasteiger partial charge in [0.05, 0.1) is 24.9 Å². The molecule has 1 aromatic carbocycles. The normalized spacial score (nSPS) is 19.2.